The molecule has 0 aliphatic carbocycles. The molecule has 134 valence electrons. The Kier molecular flexibility index (Phi) is 6.52. The first kappa shape index (κ1) is 18.9. The monoisotopic (exact) mass is 364 g/mol. The van der Waals surface area contributed by atoms with E-state index in [4.69, 9.17) is 0 Å². The lowest BCUT2D eigenvalue weighted by molar-refractivity contribution is 0.0954. The Morgan fingerprint density at radius 1 is 1.12 bits per heavy atom. The van der Waals surface area contributed by atoms with Gasteiger partial charge in [0.05, 0.1) is 5.75 Å². The van der Waals surface area contributed by atoms with Crippen molar-refractivity contribution in [3.8, 4) is 0 Å². The number of hydrogen-bond acceptors (Lipinski definition) is 3. The van der Waals surface area contributed by atoms with E-state index in [9.17, 15) is 17.6 Å². The average Bonchev–Trinajstić information content (AvgIpc) is 2.56. The number of halogens is 1. The molecule has 0 bridgehead atoms. The van der Waals surface area contributed by atoms with Crippen molar-refractivity contribution in [1.29, 1.82) is 0 Å². The topological polar surface area (TPSA) is 75.3 Å². The molecule has 0 radical (unpaired) electrons. The van der Waals surface area contributed by atoms with Gasteiger partial charge in [0.1, 0.15) is 5.82 Å². The quantitative estimate of drug-likeness (QED) is 0.756. The van der Waals surface area contributed by atoms with Gasteiger partial charge >= 0.3 is 0 Å². The Morgan fingerprint density at radius 3 is 2.52 bits per heavy atom. The minimum absolute atomic E-state index is 0.0289. The van der Waals surface area contributed by atoms with Crippen LogP contribution >= 0.6 is 0 Å². The molecule has 0 atom stereocenters. The van der Waals surface area contributed by atoms with Crippen molar-refractivity contribution in [3.63, 3.8) is 0 Å². The SMILES string of the molecule is CCCS(=O)(=O)Nc1cccc(C(=O)NCCc2ccc(F)cc2)c1. The van der Waals surface area contributed by atoms with Crippen LogP contribution in [0.4, 0.5) is 10.1 Å². The molecule has 2 rings (SSSR count). The smallest absolute Gasteiger partial charge is 0.251 e. The van der Waals surface area contributed by atoms with Gasteiger partial charge in [-0.1, -0.05) is 25.1 Å². The van der Waals surface area contributed by atoms with Gasteiger partial charge in [-0.05, 0) is 48.7 Å². The number of sulfonamides is 1. The van der Waals surface area contributed by atoms with Crippen molar-refractivity contribution < 1.29 is 17.6 Å². The molecule has 2 aromatic rings. The number of rotatable bonds is 8. The number of anilines is 1. The number of carbonyl (C=O) groups excluding carboxylic acids is 1. The standard InChI is InChI=1S/C18H21FN2O3S/c1-2-12-25(23,24)21-17-5-3-4-15(13-17)18(22)20-11-10-14-6-8-16(19)9-7-14/h3-9,13,21H,2,10-12H2,1H3,(H,20,22). The van der Waals surface area contributed by atoms with Gasteiger partial charge in [0.15, 0.2) is 0 Å². The molecule has 2 N–H and O–H groups in total. The zero-order valence-electron chi connectivity index (χ0n) is 14.0. The normalized spacial score (nSPS) is 11.1. The van der Waals surface area contributed by atoms with Gasteiger partial charge in [0.2, 0.25) is 10.0 Å². The molecule has 0 aliphatic heterocycles. The minimum Gasteiger partial charge on any atom is -0.352 e. The van der Waals surface area contributed by atoms with Crippen LogP contribution in [-0.2, 0) is 16.4 Å². The van der Waals surface area contributed by atoms with E-state index >= 15 is 0 Å². The van der Waals surface area contributed by atoms with Crippen LogP contribution in [0, 0.1) is 5.82 Å². The maximum atomic E-state index is 12.8. The summed E-state index contributed by atoms with van der Waals surface area (Å²) in [6, 6.07) is 12.4. The van der Waals surface area contributed by atoms with E-state index < -0.39 is 10.0 Å². The van der Waals surface area contributed by atoms with Crippen LogP contribution in [0.5, 0.6) is 0 Å². The van der Waals surface area contributed by atoms with Crippen LogP contribution < -0.4 is 10.0 Å². The van der Waals surface area contributed by atoms with Crippen molar-refractivity contribution in [1.82, 2.24) is 5.32 Å². The highest BCUT2D eigenvalue weighted by Gasteiger charge is 2.11. The van der Waals surface area contributed by atoms with Gasteiger partial charge in [0.25, 0.3) is 5.91 Å². The Morgan fingerprint density at radius 2 is 1.84 bits per heavy atom. The third-order valence-corrected chi connectivity index (χ3v) is 4.98. The summed E-state index contributed by atoms with van der Waals surface area (Å²) >= 11 is 0. The Bertz CT molecular complexity index is 820. The number of carbonyl (C=O) groups is 1. The van der Waals surface area contributed by atoms with Crippen molar-refractivity contribution in [3.05, 3.63) is 65.5 Å². The van der Waals surface area contributed by atoms with Gasteiger partial charge in [-0.3, -0.25) is 9.52 Å². The fraction of sp³-hybridized carbons (Fsp3) is 0.278. The first-order valence-electron chi connectivity index (χ1n) is 8.03. The third kappa shape index (κ3) is 6.19. The maximum Gasteiger partial charge on any atom is 0.251 e. The predicted molar refractivity (Wildman–Crippen MR) is 96.6 cm³/mol. The van der Waals surface area contributed by atoms with E-state index in [-0.39, 0.29) is 17.5 Å². The summed E-state index contributed by atoms with van der Waals surface area (Å²) in [5.41, 5.74) is 1.65. The zero-order chi connectivity index (χ0) is 18.3. The maximum absolute atomic E-state index is 12.8. The summed E-state index contributed by atoms with van der Waals surface area (Å²) in [5, 5.41) is 2.77. The molecular formula is C18H21FN2O3S. The van der Waals surface area contributed by atoms with Crippen LogP contribution in [0.15, 0.2) is 48.5 Å². The molecule has 0 aliphatic rings. The molecule has 0 heterocycles. The van der Waals surface area contributed by atoms with E-state index in [1.807, 2.05) is 0 Å². The highest BCUT2D eigenvalue weighted by molar-refractivity contribution is 7.92. The average molecular weight is 364 g/mol. The van der Waals surface area contributed by atoms with E-state index in [1.165, 1.54) is 18.2 Å². The first-order chi connectivity index (χ1) is 11.9. The summed E-state index contributed by atoms with van der Waals surface area (Å²) in [5.74, 6) is -0.560. The number of amides is 1. The second kappa shape index (κ2) is 8.62. The molecule has 1 amide bonds. The second-order valence-electron chi connectivity index (χ2n) is 5.63. The molecule has 0 saturated heterocycles. The van der Waals surface area contributed by atoms with Crippen molar-refractivity contribution >= 4 is 21.6 Å². The van der Waals surface area contributed by atoms with Crippen LogP contribution in [0.2, 0.25) is 0 Å². The summed E-state index contributed by atoms with van der Waals surface area (Å²) in [6.07, 6.45) is 1.09. The van der Waals surface area contributed by atoms with Crippen molar-refractivity contribution in [2.24, 2.45) is 0 Å². The molecule has 0 saturated carbocycles. The van der Waals surface area contributed by atoms with Gasteiger partial charge in [-0.2, -0.15) is 0 Å². The first-order valence-corrected chi connectivity index (χ1v) is 9.68. The largest absolute Gasteiger partial charge is 0.352 e. The lowest BCUT2D eigenvalue weighted by atomic mass is 10.1. The van der Waals surface area contributed by atoms with Crippen LogP contribution in [0.3, 0.4) is 0 Å². The minimum atomic E-state index is -3.40. The fourth-order valence-corrected chi connectivity index (χ4v) is 3.42. The summed E-state index contributed by atoms with van der Waals surface area (Å²) < 4.78 is 38.9. The van der Waals surface area contributed by atoms with Crippen molar-refractivity contribution in [2.75, 3.05) is 17.0 Å². The van der Waals surface area contributed by atoms with Crippen molar-refractivity contribution in [2.45, 2.75) is 19.8 Å². The molecule has 7 heteroatoms. The van der Waals surface area contributed by atoms with Gasteiger partial charge < -0.3 is 5.32 Å². The zero-order valence-corrected chi connectivity index (χ0v) is 14.8. The second-order valence-corrected chi connectivity index (χ2v) is 7.48. The van der Waals surface area contributed by atoms with E-state index in [2.05, 4.69) is 10.0 Å². The van der Waals surface area contributed by atoms with Crippen LogP contribution in [0.1, 0.15) is 29.3 Å². The van der Waals surface area contributed by atoms with Crippen LogP contribution in [-0.4, -0.2) is 26.6 Å². The van der Waals surface area contributed by atoms with Gasteiger partial charge in [0, 0.05) is 17.8 Å². The molecule has 0 fully saturated rings. The third-order valence-electron chi connectivity index (χ3n) is 3.48. The summed E-state index contributed by atoms with van der Waals surface area (Å²) in [4.78, 5) is 12.2. The molecule has 0 unspecified atom stereocenters. The number of benzene rings is 2. The summed E-state index contributed by atoms with van der Waals surface area (Å²) in [7, 11) is -3.40. The predicted octanol–water partition coefficient (Wildman–Crippen LogP) is 2.95. The highest BCUT2D eigenvalue weighted by atomic mass is 32.2. The molecular weight excluding hydrogens is 343 g/mol. The fourth-order valence-electron chi connectivity index (χ4n) is 2.30. The molecule has 0 spiro atoms. The van der Waals surface area contributed by atoms with Gasteiger partial charge in [-0.25, -0.2) is 12.8 Å². The van der Waals surface area contributed by atoms with Gasteiger partial charge in [-0.15, -0.1) is 0 Å². The highest BCUT2D eigenvalue weighted by Crippen LogP contribution is 2.13. The lowest BCUT2D eigenvalue weighted by Gasteiger charge is -2.09. The molecule has 0 aromatic heterocycles. The molecule has 25 heavy (non-hydrogen) atoms. The molecule has 5 nitrogen and oxygen atoms in total. The van der Waals surface area contributed by atoms with E-state index in [1.54, 1.807) is 37.3 Å². The Hall–Kier alpha value is -2.41. The van der Waals surface area contributed by atoms with E-state index in [0.717, 1.165) is 5.56 Å². The van der Waals surface area contributed by atoms with Crippen LogP contribution in [0.25, 0.3) is 0 Å². The van der Waals surface area contributed by atoms with E-state index in [0.29, 0.717) is 30.6 Å². The summed E-state index contributed by atoms with van der Waals surface area (Å²) in [6.45, 7) is 2.18. The Balaban J connectivity index is 1.93. The number of hydrogen-bond donors (Lipinski definition) is 2. The number of nitrogens with one attached hydrogen (secondary N) is 2. The Labute approximate surface area is 147 Å². The lowest BCUT2D eigenvalue weighted by Crippen LogP contribution is -2.26. The molecule has 2 aromatic carbocycles.